The van der Waals surface area contributed by atoms with Gasteiger partial charge in [0, 0.05) is 12.5 Å². The zero-order valence-corrected chi connectivity index (χ0v) is 11.5. The lowest BCUT2D eigenvalue weighted by atomic mass is 10.1. The summed E-state index contributed by atoms with van der Waals surface area (Å²) in [6.07, 6.45) is 1.79. The molecule has 2 N–H and O–H groups in total. The number of nitrogens with two attached hydrogens (primary N) is 1. The number of nitrogens with zero attached hydrogens (tertiary/aromatic N) is 1. The predicted octanol–water partition coefficient (Wildman–Crippen LogP) is 3.47. The average Bonchev–Trinajstić information content (AvgIpc) is 2.96. The molecule has 4 heteroatoms. The topological polar surface area (TPSA) is 38.9 Å². The number of fused-ring (bicyclic) bond motifs is 1. The second-order valence-corrected chi connectivity index (χ2v) is 6.27. The molecule has 2 aromatic heterocycles. The summed E-state index contributed by atoms with van der Waals surface area (Å²) in [5, 5.41) is 5.40. The molecule has 0 fully saturated rings. The van der Waals surface area contributed by atoms with Crippen molar-refractivity contribution < 1.29 is 0 Å². The Kier molecular flexibility index (Phi) is 3.41. The summed E-state index contributed by atoms with van der Waals surface area (Å²) < 4.78 is 1.25. The zero-order valence-electron chi connectivity index (χ0n) is 9.87. The Bertz CT molecular complexity index is 595. The quantitative estimate of drug-likeness (QED) is 0.791. The fourth-order valence-electron chi connectivity index (χ4n) is 2.02. The molecule has 3 aromatic rings. The highest BCUT2D eigenvalue weighted by molar-refractivity contribution is 7.18. The van der Waals surface area contributed by atoms with Crippen molar-refractivity contribution >= 4 is 32.9 Å². The van der Waals surface area contributed by atoms with Crippen LogP contribution in [-0.4, -0.2) is 11.0 Å². The van der Waals surface area contributed by atoms with Gasteiger partial charge in [0.05, 0.1) is 15.2 Å². The molecule has 1 aromatic carbocycles. The molecule has 0 aliphatic carbocycles. The molecule has 0 amide bonds. The van der Waals surface area contributed by atoms with Crippen LogP contribution in [0.15, 0.2) is 41.1 Å². The monoisotopic (exact) mass is 274 g/mol. The van der Waals surface area contributed by atoms with Crippen molar-refractivity contribution in [3.8, 4) is 0 Å². The lowest BCUT2D eigenvalue weighted by molar-refractivity contribution is 0.664. The van der Waals surface area contributed by atoms with Gasteiger partial charge in [-0.25, -0.2) is 4.98 Å². The van der Waals surface area contributed by atoms with Gasteiger partial charge in [0.15, 0.2) is 0 Å². The molecule has 92 valence electrons. The summed E-state index contributed by atoms with van der Waals surface area (Å²) in [7, 11) is 0. The van der Waals surface area contributed by atoms with E-state index in [2.05, 4.69) is 40.0 Å². The van der Waals surface area contributed by atoms with Crippen molar-refractivity contribution in [3.05, 3.63) is 51.7 Å². The third-order valence-electron chi connectivity index (χ3n) is 2.85. The van der Waals surface area contributed by atoms with Gasteiger partial charge in [-0.1, -0.05) is 12.1 Å². The third kappa shape index (κ3) is 2.61. The van der Waals surface area contributed by atoms with Crippen molar-refractivity contribution in [1.82, 2.24) is 4.98 Å². The molecule has 0 radical (unpaired) electrons. The van der Waals surface area contributed by atoms with Crippen LogP contribution in [0.1, 0.15) is 10.6 Å². The van der Waals surface area contributed by atoms with E-state index >= 15 is 0 Å². The van der Waals surface area contributed by atoms with Gasteiger partial charge in [-0.3, -0.25) is 0 Å². The summed E-state index contributed by atoms with van der Waals surface area (Å²) in [6, 6.07) is 10.5. The fourth-order valence-corrected chi connectivity index (χ4v) is 3.76. The molecule has 0 bridgehead atoms. The average molecular weight is 274 g/mol. The molecule has 18 heavy (non-hydrogen) atoms. The molecular formula is C14H14N2S2. The van der Waals surface area contributed by atoms with Crippen molar-refractivity contribution in [2.24, 2.45) is 5.73 Å². The Morgan fingerprint density at radius 2 is 2.06 bits per heavy atom. The number of para-hydroxylation sites is 1. The summed E-state index contributed by atoms with van der Waals surface area (Å²) in [6.45, 7) is 0. The van der Waals surface area contributed by atoms with E-state index < -0.39 is 0 Å². The summed E-state index contributed by atoms with van der Waals surface area (Å²) >= 11 is 3.47. The van der Waals surface area contributed by atoms with Crippen molar-refractivity contribution in [3.63, 3.8) is 0 Å². The highest BCUT2D eigenvalue weighted by Crippen LogP contribution is 2.22. The van der Waals surface area contributed by atoms with Crippen LogP contribution in [0.4, 0.5) is 0 Å². The van der Waals surface area contributed by atoms with Gasteiger partial charge in [0.2, 0.25) is 0 Å². The van der Waals surface area contributed by atoms with Crippen LogP contribution in [0.25, 0.3) is 10.2 Å². The van der Waals surface area contributed by atoms with E-state index in [4.69, 9.17) is 5.73 Å². The van der Waals surface area contributed by atoms with Crippen LogP contribution in [0, 0.1) is 0 Å². The Hall–Kier alpha value is -1.23. The second-order valence-electron chi connectivity index (χ2n) is 4.38. The van der Waals surface area contributed by atoms with Gasteiger partial charge in [-0.15, -0.1) is 11.3 Å². The van der Waals surface area contributed by atoms with Gasteiger partial charge in [0.1, 0.15) is 0 Å². The van der Waals surface area contributed by atoms with E-state index in [0.29, 0.717) is 0 Å². The van der Waals surface area contributed by atoms with E-state index in [-0.39, 0.29) is 6.04 Å². The summed E-state index contributed by atoms with van der Waals surface area (Å²) in [4.78, 5) is 4.62. The van der Waals surface area contributed by atoms with E-state index in [1.54, 1.807) is 22.7 Å². The molecule has 0 saturated carbocycles. The van der Waals surface area contributed by atoms with Crippen LogP contribution in [-0.2, 0) is 12.8 Å². The first-order valence-electron chi connectivity index (χ1n) is 5.92. The molecule has 3 rings (SSSR count). The van der Waals surface area contributed by atoms with Gasteiger partial charge in [0.25, 0.3) is 0 Å². The molecular weight excluding hydrogens is 260 g/mol. The Morgan fingerprint density at radius 3 is 2.83 bits per heavy atom. The molecule has 1 unspecified atom stereocenters. The second kappa shape index (κ2) is 5.18. The Morgan fingerprint density at radius 1 is 1.17 bits per heavy atom. The molecule has 0 spiro atoms. The van der Waals surface area contributed by atoms with Crippen LogP contribution < -0.4 is 5.73 Å². The van der Waals surface area contributed by atoms with Crippen molar-refractivity contribution in [2.75, 3.05) is 0 Å². The zero-order chi connectivity index (χ0) is 12.4. The minimum absolute atomic E-state index is 0.153. The molecule has 2 nitrogen and oxygen atoms in total. The van der Waals surface area contributed by atoms with E-state index in [1.807, 2.05) is 6.07 Å². The molecule has 0 aliphatic rings. The minimum atomic E-state index is 0.153. The first-order chi connectivity index (χ1) is 8.81. The van der Waals surface area contributed by atoms with Gasteiger partial charge in [-0.05, 0) is 40.9 Å². The first kappa shape index (κ1) is 11.8. The minimum Gasteiger partial charge on any atom is -0.327 e. The van der Waals surface area contributed by atoms with Gasteiger partial charge in [-0.2, -0.15) is 11.3 Å². The van der Waals surface area contributed by atoms with Crippen molar-refractivity contribution in [1.29, 1.82) is 0 Å². The maximum atomic E-state index is 6.19. The number of thiophene rings is 1. The Balaban J connectivity index is 1.71. The predicted molar refractivity (Wildman–Crippen MR) is 79.3 cm³/mol. The van der Waals surface area contributed by atoms with Crippen LogP contribution in [0.2, 0.25) is 0 Å². The SMILES string of the molecule is NC(Cc1ccsc1)Cc1nc2ccccc2s1. The number of hydrogen-bond donors (Lipinski definition) is 1. The molecule has 0 aliphatic heterocycles. The van der Waals surface area contributed by atoms with Crippen LogP contribution in [0.5, 0.6) is 0 Å². The van der Waals surface area contributed by atoms with E-state index in [1.165, 1.54) is 10.3 Å². The molecule has 1 atom stereocenters. The smallest absolute Gasteiger partial charge is 0.0954 e. The first-order valence-corrected chi connectivity index (χ1v) is 7.68. The van der Waals surface area contributed by atoms with E-state index in [9.17, 15) is 0 Å². The summed E-state index contributed by atoms with van der Waals surface area (Å²) in [5.41, 5.74) is 8.60. The number of hydrogen-bond acceptors (Lipinski definition) is 4. The highest BCUT2D eigenvalue weighted by Gasteiger charge is 2.09. The lowest BCUT2D eigenvalue weighted by Gasteiger charge is -2.07. The standard InChI is InChI=1S/C14H14N2S2/c15-11(7-10-5-6-17-9-10)8-14-16-12-3-1-2-4-13(12)18-14/h1-6,9,11H,7-8,15H2. The highest BCUT2D eigenvalue weighted by atomic mass is 32.1. The number of aromatic nitrogens is 1. The third-order valence-corrected chi connectivity index (χ3v) is 4.64. The lowest BCUT2D eigenvalue weighted by Crippen LogP contribution is -2.25. The Labute approximate surface area is 114 Å². The number of rotatable bonds is 4. The van der Waals surface area contributed by atoms with Crippen LogP contribution >= 0.6 is 22.7 Å². The maximum absolute atomic E-state index is 6.19. The molecule has 2 heterocycles. The summed E-state index contributed by atoms with van der Waals surface area (Å²) in [5.74, 6) is 0. The van der Waals surface area contributed by atoms with Gasteiger partial charge < -0.3 is 5.73 Å². The fraction of sp³-hybridized carbons (Fsp3) is 0.214. The van der Waals surface area contributed by atoms with Gasteiger partial charge >= 0.3 is 0 Å². The molecule has 0 saturated heterocycles. The number of benzene rings is 1. The largest absolute Gasteiger partial charge is 0.327 e. The van der Waals surface area contributed by atoms with Crippen molar-refractivity contribution in [2.45, 2.75) is 18.9 Å². The maximum Gasteiger partial charge on any atom is 0.0954 e. The number of thiazole rings is 1. The van der Waals surface area contributed by atoms with E-state index in [0.717, 1.165) is 23.4 Å². The van der Waals surface area contributed by atoms with Crippen LogP contribution in [0.3, 0.4) is 0 Å². The normalized spacial score (nSPS) is 12.9.